The summed E-state index contributed by atoms with van der Waals surface area (Å²) in [4.78, 5) is 55.2. The fraction of sp³-hybridized carbons (Fsp3) is 0.514. The number of carbonyl (C=O) groups excluding carboxylic acids is 4. The number of sulfonamides is 1. The molecule has 3 N–H and O–H groups in total. The third-order valence-corrected chi connectivity index (χ3v) is 11.3. The number of ether oxygens (including phenoxy) is 1. The van der Waals surface area contributed by atoms with Crippen LogP contribution in [0.3, 0.4) is 0 Å². The van der Waals surface area contributed by atoms with Crippen molar-refractivity contribution in [2.24, 2.45) is 17.8 Å². The quantitative estimate of drug-likeness (QED) is 0.156. The van der Waals surface area contributed by atoms with E-state index < -0.39 is 74.9 Å². The van der Waals surface area contributed by atoms with Gasteiger partial charge in [-0.15, -0.1) is 13.2 Å². The largest absolute Gasteiger partial charge is 0.446 e. The molecule has 52 heavy (non-hydrogen) atoms. The number of imide groups is 1. The van der Waals surface area contributed by atoms with E-state index in [1.807, 2.05) is 4.72 Å². The van der Waals surface area contributed by atoms with Crippen LogP contribution < -0.4 is 15.4 Å². The van der Waals surface area contributed by atoms with Crippen molar-refractivity contribution in [3.8, 4) is 5.69 Å². The normalized spacial score (nSPS) is 22.6. The summed E-state index contributed by atoms with van der Waals surface area (Å²) >= 11 is 0. The van der Waals surface area contributed by atoms with Crippen molar-refractivity contribution in [2.45, 2.75) is 88.3 Å². The van der Waals surface area contributed by atoms with Gasteiger partial charge in [-0.05, 0) is 88.5 Å². The van der Waals surface area contributed by atoms with Gasteiger partial charge in [0.15, 0.2) is 0 Å². The van der Waals surface area contributed by atoms with Gasteiger partial charge in [-0.3, -0.25) is 19.8 Å². The predicted octanol–water partition coefficient (Wildman–Crippen LogP) is 5.61. The number of halogens is 3. The maximum absolute atomic E-state index is 14.2. The fourth-order valence-corrected chi connectivity index (χ4v) is 7.68. The Morgan fingerprint density at radius 3 is 2.40 bits per heavy atom. The van der Waals surface area contributed by atoms with Crippen molar-refractivity contribution in [3.05, 3.63) is 67.0 Å². The lowest BCUT2D eigenvalue weighted by Gasteiger charge is -2.27. The first-order valence-electron chi connectivity index (χ1n) is 17.2. The predicted molar refractivity (Wildman–Crippen MR) is 184 cm³/mol. The highest BCUT2D eigenvalue weighted by molar-refractivity contribution is 7.90. The molecule has 5 amide bonds. The molecule has 0 saturated heterocycles. The second-order valence-electron chi connectivity index (χ2n) is 13.5. The lowest BCUT2D eigenvalue weighted by molar-refractivity contribution is -0.139. The third-order valence-electron chi connectivity index (χ3n) is 9.45. The maximum atomic E-state index is 14.2. The highest BCUT2D eigenvalue weighted by Crippen LogP contribution is 2.42. The molecule has 3 saturated carbocycles. The SMILES string of the molecule is C=CCCCCCNC(=O)C1CC(OC(=O)Nc2cc(C(F)(F)F)ccc2-n2ccc(C)n2)CC1C(=O)N(C(=O)NS(=O)(=O)C1CC1)C1CC1C=C. The van der Waals surface area contributed by atoms with Gasteiger partial charge in [-0.2, -0.15) is 18.3 Å². The summed E-state index contributed by atoms with van der Waals surface area (Å²) < 4.78 is 75.1. The van der Waals surface area contributed by atoms with Crippen molar-refractivity contribution < 1.29 is 45.5 Å². The van der Waals surface area contributed by atoms with Gasteiger partial charge in [-0.1, -0.05) is 18.6 Å². The molecule has 3 aliphatic carbocycles. The molecule has 5 unspecified atom stereocenters. The van der Waals surface area contributed by atoms with Gasteiger partial charge < -0.3 is 10.1 Å². The molecule has 2 aromatic rings. The minimum absolute atomic E-state index is 0.131. The first-order chi connectivity index (χ1) is 24.6. The summed E-state index contributed by atoms with van der Waals surface area (Å²) in [5, 5.41) is 8.67. The van der Waals surface area contributed by atoms with Crippen LogP contribution in [-0.4, -0.2) is 71.0 Å². The zero-order chi connectivity index (χ0) is 37.8. The molecule has 5 atom stereocenters. The number of unbranched alkanes of at least 4 members (excludes halogenated alkanes) is 3. The monoisotopic (exact) mass is 748 g/mol. The van der Waals surface area contributed by atoms with Crippen LogP contribution in [0, 0.1) is 24.7 Å². The van der Waals surface area contributed by atoms with E-state index >= 15 is 0 Å². The molecule has 0 spiro atoms. The van der Waals surface area contributed by atoms with Gasteiger partial charge in [0.1, 0.15) is 6.10 Å². The second kappa shape index (κ2) is 15.9. The Morgan fingerprint density at radius 2 is 1.79 bits per heavy atom. The lowest BCUT2D eigenvalue weighted by Crippen LogP contribution is -2.51. The van der Waals surface area contributed by atoms with Crippen molar-refractivity contribution in [1.82, 2.24) is 24.7 Å². The molecule has 3 fully saturated rings. The molecule has 0 aliphatic heterocycles. The number of hydrogen-bond donors (Lipinski definition) is 3. The molecule has 17 heteroatoms. The van der Waals surface area contributed by atoms with Crippen LogP contribution in [0.15, 0.2) is 55.8 Å². The standard InChI is InChI=1S/C35H43F3N6O7S/c1-4-6-7-8-9-15-39-31(45)26-19-24(20-27(26)32(46)44(30-17-22(30)5-2)33(47)42-52(49,50)25-11-12-25)51-34(48)40-28-18-23(35(36,37)38)10-13-29(28)43-16-14-21(3)41-43/h4-5,10,13-14,16,18,22,24-27,30H,1-2,6-9,11-12,15,17,19-20H2,3H3,(H,39,45)(H,40,48)(H,42,47). The Morgan fingerprint density at radius 1 is 1.06 bits per heavy atom. The number of amides is 5. The van der Waals surface area contributed by atoms with Crippen LogP contribution in [0.4, 0.5) is 28.4 Å². The number of anilines is 1. The van der Waals surface area contributed by atoms with E-state index in [0.29, 0.717) is 37.9 Å². The summed E-state index contributed by atoms with van der Waals surface area (Å²) in [6.07, 6.45) is 1.91. The van der Waals surface area contributed by atoms with Crippen molar-refractivity contribution in [1.29, 1.82) is 0 Å². The highest BCUT2D eigenvalue weighted by atomic mass is 32.2. The zero-order valence-electron chi connectivity index (χ0n) is 28.7. The Balaban J connectivity index is 1.35. The number of nitrogens with zero attached hydrogens (tertiary/aromatic N) is 3. The summed E-state index contributed by atoms with van der Waals surface area (Å²) in [5.74, 6) is -3.84. The van der Waals surface area contributed by atoms with Crippen LogP contribution in [-0.2, 0) is 30.5 Å². The molecule has 0 bridgehead atoms. The Kier molecular flexibility index (Phi) is 11.8. The molecule has 13 nitrogen and oxygen atoms in total. The highest BCUT2D eigenvalue weighted by Gasteiger charge is 2.53. The van der Waals surface area contributed by atoms with Gasteiger partial charge in [0.05, 0.1) is 39.7 Å². The average Bonchev–Trinajstić information content (AvgIpc) is 3.99. The first-order valence-corrected chi connectivity index (χ1v) is 18.8. The molecule has 1 aromatic carbocycles. The summed E-state index contributed by atoms with van der Waals surface area (Å²) in [5.41, 5.74) is -0.562. The molecule has 1 heterocycles. The molecular formula is C35H43F3N6O7S. The average molecular weight is 749 g/mol. The minimum Gasteiger partial charge on any atom is -0.446 e. The van der Waals surface area contributed by atoms with Crippen LogP contribution in [0.25, 0.3) is 5.69 Å². The Labute approximate surface area is 300 Å². The van der Waals surface area contributed by atoms with Crippen molar-refractivity contribution >= 4 is 39.6 Å². The molecule has 3 aliphatic rings. The Hall–Kier alpha value is -4.67. The molecule has 282 valence electrons. The van der Waals surface area contributed by atoms with Gasteiger partial charge in [-0.25, -0.2) is 27.4 Å². The number of aromatic nitrogens is 2. The number of allylic oxidation sites excluding steroid dienone is 1. The minimum atomic E-state index is -4.72. The van der Waals surface area contributed by atoms with Crippen LogP contribution in [0.1, 0.15) is 69.0 Å². The number of carbonyl (C=O) groups is 4. The number of aryl methyl sites for hydroxylation is 1. The van der Waals surface area contributed by atoms with E-state index in [2.05, 4.69) is 28.9 Å². The fourth-order valence-electron chi connectivity index (χ4n) is 6.41. The van der Waals surface area contributed by atoms with Crippen molar-refractivity contribution in [3.63, 3.8) is 0 Å². The van der Waals surface area contributed by atoms with E-state index in [4.69, 9.17) is 4.74 Å². The van der Waals surface area contributed by atoms with Crippen LogP contribution >= 0.6 is 0 Å². The number of nitrogens with one attached hydrogen (secondary N) is 3. The van der Waals surface area contributed by atoms with Gasteiger partial charge >= 0.3 is 18.3 Å². The number of rotatable bonds is 15. The first kappa shape index (κ1) is 38.6. The lowest BCUT2D eigenvalue weighted by atomic mass is 9.93. The van der Waals surface area contributed by atoms with Crippen molar-refractivity contribution in [2.75, 3.05) is 11.9 Å². The number of urea groups is 1. The maximum Gasteiger partial charge on any atom is 0.416 e. The van der Waals surface area contributed by atoms with E-state index in [1.165, 1.54) is 10.9 Å². The molecule has 5 rings (SSSR count). The van der Waals surface area contributed by atoms with E-state index in [-0.39, 0.29) is 30.1 Å². The topological polar surface area (TPSA) is 169 Å². The summed E-state index contributed by atoms with van der Waals surface area (Å²) in [7, 11) is -4.02. The second-order valence-corrected chi connectivity index (χ2v) is 15.4. The van der Waals surface area contributed by atoms with Gasteiger partial charge in [0.25, 0.3) is 0 Å². The van der Waals surface area contributed by atoms with Gasteiger partial charge in [0, 0.05) is 18.8 Å². The third kappa shape index (κ3) is 9.40. The van der Waals surface area contributed by atoms with E-state index in [0.717, 1.165) is 42.4 Å². The number of hydrogen-bond acceptors (Lipinski definition) is 8. The van der Waals surface area contributed by atoms with E-state index in [9.17, 15) is 40.8 Å². The Bertz CT molecular complexity index is 1810. The summed E-state index contributed by atoms with van der Waals surface area (Å²) in [6, 6.07) is 2.59. The number of alkyl halides is 3. The van der Waals surface area contributed by atoms with E-state index in [1.54, 1.807) is 25.1 Å². The molecular weight excluding hydrogens is 705 g/mol. The summed E-state index contributed by atoms with van der Waals surface area (Å²) in [6.45, 7) is 9.40. The van der Waals surface area contributed by atoms with Crippen LogP contribution in [0.2, 0.25) is 0 Å². The van der Waals surface area contributed by atoms with Crippen LogP contribution in [0.5, 0.6) is 0 Å². The van der Waals surface area contributed by atoms with Gasteiger partial charge in [0.2, 0.25) is 21.8 Å². The molecule has 1 aromatic heterocycles. The zero-order valence-corrected chi connectivity index (χ0v) is 29.5. The molecule has 0 radical (unpaired) electrons. The smallest absolute Gasteiger partial charge is 0.416 e. The number of benzene rings is 1.